The summed E-state index contributed by atoms with van der Waals surface area (Å²) in [5.74, 6) is -0.252. The van der Waals surface area contributed by atoms with Gasteiger partial charge in [-0.05, 0) is 62.8 Å². The number of benzene rings is 2. The number of halogens is 6. The smallest absolute Gasteiger partial charge is 0.349 e. The van der Waals surface area contributed by atoms with Crippen LogP contribution in [0.15, 0.2) is 36.4 Å². The van der Waals surface area contributed by atoms with E-state index in [1.165, 1.54) is 24.3 Å². The molecule has 0 saturated carbocycles. The third-order valence-corrected chi connectivity index (χ3v) is 7.64. The second-order valence-corrected chi connectivity index (χ2v) is 11.2. The largest absolute Gasteiger partial charge is 0.407 e. The minimum atomic E-state index is -4.88. The summed E-state index contributed by atoms with van der Waals surface area (Å²) < 4.78 is 81.2. The number of hydrogen-bond donors (Lipinski definition) is 3. The first-order valence-corrected chi connectivity index (χ1v) is 13.8. The molecule has 2 amide bonds. The molecule has 13 heteroatoms. The molecule has 0 aromatic heterocycles. The number of hydrogen-bond acceptors (Lipinski definition) is 5. The highest BCUT2D eigenvalue weighted by Gasteiger charge is 2.62. The number of amides is 2. The van der Waals surface area contributed by atoms with Crippen LogP contribution in [-0.2, 0) is 6.54 Å². The predicted octanol–water partition coefficient (Wildman–Crippen LogP) is 6.00. The zero-order chi connectivity index (χ0) is 30.0. The van der Waals surface area contributed by atoms with Gasteiger partial charge in [-0.2, -0.15) is 38.1 Å². The monoisotopic (exact) mass is 590 g/mol. The van der Waals surface area contributed by atoms with Crippen molar-refractivity contribution in [2.45, 2.75) is 70.6 Å². The standard InChI is InChI=1S/C27H32F6N4O2S/c1-15-7-6-8-19(22(15)24(39)34-17(3)14-40-5)23(38)35-20-10-9-18(11-16(20)2)13-37-21(26(28,29)30)12-25(4,36-37)27(31,32)33/h6-11,17,21,36H,12-14H2,1-5H3,(H,34,39)(H,35,38). The molecular weight excluding hydrogens is 558 g/mol. The number of hydrazine groups is 1. The molecule has 1 heterocycles. The highest BCUT2D eigenvalue weighted by molar-refractivity contribution is 7.98. The SMILES string of the molecule is CSCC(C)NC(=O)c1c(C)cccc1C(=O)Nc1ccc(CN2NC(C)(C(F)(F)F)CC2C(F)(F)F)cc1C. The van der Waals surface area contributed by atoms with Gasteiger partial charge < -0.3 is 10.6 Å². The van der Waals surface area contributed by atoms with Gasteiger partial charge >= 0.3 is 12.4 Å². The summed E-state index contributed by atoms with van der Waals surface area (Å²) in [6, 6.07) is 6.85. The van der Waals surface area contributed by atoms with Crippen molar-refractivity contribution in [3.63, 3.8) is 0 Å². The fourth-order valence-electron chi connectivity index (χ4n) is 4.66. The predicted molar refractivity (Wildman–Crippen MR) is 143 cm³/mol. The minimum absolute atomic E-state index is 0.121. The van der Waals surface area contributed by atoms with E-state index in [1.807, 2.05) is 18.6 Å². The summed E-state index contributed by atoms with van der Waals surface area (Å²) in [6.07, 6.45) is -9.01. The molecule has 3 rings (SSSR count). The third-order valence-electron chi connectivity index (χ3n) is 6.80. The van der Waals surface area contributed by atoms with Crippen molar-refractivity contribution in [2.24, 2.45) is 0 Å². The quantitative estimate of drug-likeness (QED) is 0.329. The van der Waals surface area contributed by atoms with Crippen LogP contribution in [0.5, 0.6) is 0 Å². The summed E-state index contributed by atoms with van der Waals surface area (Å²) >= 11 is 1.57. The van der Waals surface area contributed by atoms with Gasteiger partial charge in [-0.3, -0.25) is 9.59 Å². The van der Waals surface area contributed by atoms with Crippen LogP contribution < -0.4 is 16.1 Å². The zero-order valence-corrected chi connectivity index (χ0v) is 23.5. The summed E-state index contributed by atoms with van der Waals surface area (Å²) in [7, 11) is 0. The number of rotatable bonds is 8. The Balaban J connectivity index is 1.80. The Morgan fingerprint density at radius 2 is 1.77 bits per heavy atom. The fraction of sp³-hybridized carbons (Fsp3) is 0.481. The number of carbonyl (C=O) groups is 2. The van der Waals surface area contributed by atoms with Crippen LogP contribution in [0.25, 0.3) is 0 Å². The summed E-state index contributed by atoms with van der Waals surface area (Å²) in [6.45, 7) is 5.45. The Hall–Kier alpha value is -2.77. The van der Waals surface area contributed by atoms with Gasteiger partial charge in [0.25, 0.3) is 11.8 Å². The van der Waals surface area contributed by atoms with Gasteiger partial charge in [0.05, 0.1) is 11.1 Å². The van der Waals surface area contributed by atoms with E-state index in [-0.39, 0.29) is 23.1 Å². The molecule has 0 aliphatic carbocycles. The lowest BCUT2D eigenvalue weighted by Crippen LogP contribution is -2.54. The third kappa shape index (κ3) is 7.10. The fourth-order valence-corrected chi connectivity index (χ4v) is 5.24. The zero-order valence-electron chi connectivity index (χ0n) is 22.7. The first-order chi connectivity index (χ1) is 18.5. The second kappa shape index (κ2) is 12.0. The minimum Gasteiger partial charge on any atom is -0.349 e. The van der Waals surface area contributed by atoms with Crippen molar-refractivity contribution in [2.75, 3.05) is 17.3 Å². The maximum absolute atomic E-state index is 13.6. The molecule has 1 saturated heterocycles. The van der Waals surface area contributed by atoms with Gasteiger partial charge in [-0.25, -0.2) is 10.4 Å². The van der Waals surface area contributed by atoms with E-state index >= 15 is 0 Å². The maximum atomic E-state index is 13.6. The lowest BCUT2D eigenvalue weighted by molar-refractivity contribution is -0.193. The average molecular weight is 591 g/mol. The van der Waals surface area contributed by atoms with Crippen LogP contribution in [0.3, 0.4) is 0 Å². The molecule has 6 nitrogen and oxygen atoms in total. The molecule has 2 aromatic rings. The normalized spacial score (nSPS) is 20.8. The number of nitrogens with one attached hydrogen (secondary N) is 3. The Kier molecular flexibility index (Phi) is 9.52. The van der Waals surface area contributed by atoms with Crippen molar-refractivity contribution in [1.29, 1.82) is 0 Å². The van der Waals surface area contributed by atoms with E-state index in [4.69, 9.17) is 0 Å². The molecule has 1 aliphatic rings. The van der Waals surface area contributed by atoms with Crippen LogP contribution in [0.1, 0.15) is 57.7 Å². The number of aryl methyl sites for hydroxylation is 2. The Morgan fingerprint density at radius 3 is 2.35 bits per heavy atom. The molecule has 1 aliphatic heterocycles. The number of carbonyl (C=O) groups excluding carboxylic acids is 2. The molecule has 1 fully saturated rings. The molecule has 40 heavy (non-hydrogen) atoms. The number of thioether (sulfide) groups is 1. The first kappa shape index (κ1) is 31.8. The van der Waals surface area contributed by atoms with Crippen molar-refractivity contribution in [3.05, 3.63) is 64.2 Å². The van der Waals surface area contributed by atoms with Crippen molar-refractivity contribution in [3.8, 4) is 0 Å². The topological polar surface area (TPSA) is 73.5 Å². The van der Waals surface area contributed by atoms with Crippen LogP contribution in [0, 0.1) is 13.8 Å². The highest BCUT2D eigenvalue weighted by Crippen LogP contribution is 2.43. The van der Waals surface area contributed by atoms with Gasteiger partial charge in [-0.1, -0.05) is 24.3 Å². The van der Waals surface area contributed by atoms with Crippen LogP contribution in [0.4, 0.5) is 32.0 Å². The van der Waals surface area contributed by atoms with Crippen molar-refractivity contribution < 1.29 is 35.9 Å². The van der Waals surface area contributed by atoms with E-state index in [1.54, 1.807) is 37.7 Å². The lowest BCUT2D eigenvalue weighted by Gasteiger charge is -2.29. The summed E-state index contributed by atoms with van der Waals surface area (Å²) in [5.41, 5.74) is 1.44. The van der Waals surface area contributed by atoms with Crippen LogP contribution in [0.2, 0.25) is 0 Å². The van der Waals surface area contributed by atoms with E-state index in [9.17, 15) is 35.9 Å². The van der Waals surface area contributed by atoms with E-state index in [0.717, 1.165) is 0 Å². The molecule has 3 N–H and O–H groups in total. The van der Waals surface area contributed by atoms with Crippen molar-refractivity contribution in [1.82, 2.24) is 15.8 Å². The molecule has 3 unspecified atom stereocenters. The molecule has 0 spiro atoms. The second-order valence-electron chi connectivity index (χ2n) is 10.3. The molecule has 2 aromatic carbocycles. The van der Waals surface area contributed by atoms with E-state index in [2.05, 4.69) is 10.6 Å². The molecule has 0 bridgehead atoms. The molecular formula is C27H32F6N4O2S. The molecule has 3 atom stereocenters. The van der Waals surface area contributed by atoms with Gasteiger partial charge in [0.2, 0.25) is 0 Å². The van der Waals surface area contributed by atoms with Crippen molar-refractivity contribution >= 4 is 29.3 Å². The van der Waals surface area contributed by atoms with E-state index in [0.29, 0.717) is 40.1 Å². The molecule has 0 radical (unpaired) electrons. The van der Waals surface area contributed by atoms with Gasteiger partial charge in [0.1, 0.15) is 11.6 Å². The number of alkyl halides is 6. The van der Waals surface area contributed by atoms with Gasteiger partial charge in [-0.15, -0.1) is 0 Å². The first-order valence-electron chi connectivity index (χ1n) is 12.4. The number of nitrogens with zero attached hydrogens (tertiary/aromatic N) is 1. The maximum Gasteiger partial charge on any atom is 0.407 e. The summed E-state index contributed by atoms with van der Waals surface area (Å²) in [5, 5.41) is 6.18. The lowest BCUT2D eigenvalue weighted by atomic mass is 9.95. The Bertz CT molecular complexity index is 1250. The van der Waals surface area contributed by atoms with Gasteiger partial charge in [0.15, 0.2) is 0 Å². The van der Waals surface area contributed by atoms with Gasteiger partial charge in [0, 0.05) is 30.4 Å². The van der Waals surface area contributed by atoms with Crippen LogP contribution >= 0.6 is 11.8 Å². The number of anilines is 1. The molecule has 220 valence electrons. The Labute approximate surface area is 233 Å². The highest BCUT2D eigenvalue weighted by atomic mass is 32.2. The Morgan fingerprint density at radius 1 is 1.10 bits per heavy atom. The summed E-state index contributed by atoms with van der Waals surface area (Å²) in [4.78, 5) is 26.1. The van der Waals surface area contributed by atoms with Crippen LogP contribution in [-0.4, -0.2) is 58.8 Å². The average Bonchev–Trinajstić information content (AvgIpc) is 3.18. The van der Waals surface area contributed by atoms with E-state index < -0.39 is 42.8 Å².